The average molecular weight is 228 g/mol. The van der Waals surface area contributed by atoms with Gasteiger partial charge in [-0.15, -0.1) is 0 Å². The van der Waals surface area contributed by atoms with Gasteiger partial charge in [-0.3, -0.25) is 9.59 Å². The standard InChI is InChI=1S/C11H20N2O3/c1-4-11(2)10(15)13(6-5-7-16-3)8-9(14)12-11/h4-8H2,1-3H3,(H,12,14). The van der Waals surface area contributed by atoms with E-state index in [-0.39, 0.29) is 18.4 Å². The van der Waals surface area contributed by atoms with Gasteiger partial charge < -0.3 is 15.0 Å². The van der Waals surface area contributed by atoms with Crippen molar-refractivity contribution in [2.45, 2.75) is 32.2 Å². The molecule has 5 heteroatoms. The van der Waals surface area contributed by atoms with Crippen molar-refractivity contribution in [3.63, 3.8) is 0 Å². The monoisotopic (exact) mass is 228 g/mol. The molecule has 0 saturated carbocycles. The number of ether oxygens (including phenoxy) is 1. The molecular weight excluding hydrogens is 208 g/mol. The molecule has 1 N–H and O–H groups in total. The van der Waals surface area contributed by atoms with Crippen molar-refractivity contribution in [2.75, 3.05) is 26.8 Å². The largest absolute Gasteiger partial charge is 0.385 e. The van der Waals surface area contributed by atoms with Crippen molar-refractivity contribution < 1.29 is 14.3 Å². The van der Waals surface area contributed by atoms with Gasteiger partial charge in [0.2, 0.25) is 11.8 Å². The van der Waals surface area contributed by atoms with Gasteiger partial charge in [-0.05, 0) is 19.8 Å². The average Bonchev–Trinajstić information content (AvgIpc) is 2.25. The van der Waals surface area contributed by atoms with E-state index in [0.717, 1.165) is 6.42 Å². The third kappa shape index (κ3) is 2.72. The van der Waals surface area contributed by atoms with Crippen LogP contribution in [0.5, 0.6) is 0 Å². The number of nitrogens with one attached hydrogen (secondary N) is 1. The van der Waals surface area contributed by atoms with Crippen molar-refractivity contribution in [3.05, 3.63) is 0 Å². The summed E-state index contributed by atoms with van der Waals surface area (Å²) in [6, 6.07) is 0. The Morgan fingerprint density at radius 2 is 2.19 bits per heavy atom. The van der Waals surface area contributed by atoms with E-state index in [0.29, 0.717) is 19.6 Å². The van der Waals surface area contributed by atoms with Gasteiger partial charge in [0, 0.05) is 20.3 Å². The second-order valence-corrected chi connectivity index (χ2v) is 4.31. The Morgan fingerprint density at radius 3 is 2.75 bits per heavy atom. The zero-order chi connectivity index (χ0) is 12.2. The summed E-state index contributed by atoms with van der Waals surface area (Å²) in [7, 11) is 1.63. The summed E-state index contributed by atoms with van der Waals surface area (Å²) in [5.74, 6) is -0.0768. The zero-order valence-electron chi connectivity index (χ0n) is 10.2. The number of carbonyl (C=O) groups excluding carboxylic acids is 2. The quantitative estimate of drug-likeness (QED) is 0.681. The lowest BCUT2D eigenvalue weighted by Gasteiger charge is -2.39. The predicted molar refractivity (Wildman–Crippen MR) is 59.9 cm³/mol. The molecule has 0 spiro atoms. The molecule has 92 valence electrons. The fourth-order valence-electron chi connectivity index (χ4n) is 1.81. The summed E-state index contributed by atoms with van der Waals surface area (Å²) in [6.45, 7) is 5.02. The molecule has 1 saturated heterocycles. The first-order chi connectivity index (χ1) is 7.53. The van der Waals surface area contributed by atoms with Gasteiger partial charge in [0.05, 0.1) is 6.54 Å². The summed E-state index contributed by atoms with van der Waals surface area (Å²) in [6.07, 6.45) is 1.37. The number of methoxy groups -OCH3 is 1. The van der Waals surface area contributed by atoms with Gasteiger partial charge in [-0.25, -0.2) is 0 Å². The molecule has 0 aromatic carbocycles. The first-order valence-corrected chi connectivity index (χ1v) is 5.63. The second kappa shape index (κ2) is 5.30. The maximum absolute atomic E-state index is 12.1. The minimum atomic E-state index is -0.734. The van der Waals surface area contributed by atoms with E-state index in [9.17, 15) is 9.59 Å². The molecule has 1 aliphatic heterocycles. The highest BCUT2D eigenvalue weighted by atomic mass is 16.5. The molecule has 1 unspecified atom stereocenters. The molecule has 1 rings (SSSR count). The lowest BCUT2D eigenvalue weighted by molar-refractivity contribution is -0.149. The molecule has 1 atom stereocenters. The van der Waals surface area contributed by atoms with Crippen LogP contribution in [0, 0.1) is 0 Å². The van der Waals surface area contributed by atoms with Crippen LogP contribution in [0.15, 0.2) is 0 Å². The molecule has 0 aliphatic carbocycles. The Labute approximate surface area is 96.1 Å². The Balaban J connectivity index is 2.63. The summed E-state index contributed by atoms with van der Waals surface area (Å²) in [4.78, 5) is 25.2. The van der Waals surface area contributed by atoms with E-state index < -0.39 is 5.54 Å². The smallest absolute Gasteiger partial charge is 0.248 e. The summed E-state index contributed by atoms with van der Waals surface area (Å²) >= 11 is 0. The fraction of sp³-hybridized carbons (Fsp3) is 0.818. The minimum Gasteiger partial charge on any atom is -0.385 e. The summed E-state index contributed by atoms with van der Waals surface area (Å²) in [5, 5.41) is 2.75. The number of amides is 2. The highest BCUT2D eigenvalue weighted by Crippen LogP contribution is 2.17. The van der Waals surface area contributed by atoms with Gasteiger partial charge in [0.25, 0.3) is 0 Å². The molecule has 1 aliphatic rings. The maximum atomic E-state index is 12.1. The van der Waals surface area contributed by atoms with E-state index in [1.807, 2.05) is 6.92 Å². The normalized spacial score (nSPS) is 25.8. The van der Waals surface area contributed by atoms with Gasteiger partial charge in [0.1, 0.15) is 5.54 Å². The highest BCUT2D eigenvalue weighted by molar-refractivity contribution is 5.97. The number of hydrogen-bond acceptors (Lipinski definition) is 3. The van der Waals surface area contributed by atoms with Crippen molar-refractivity contribution in [3.8, 4) is 0 Å². The van der Waals surface area contributed by atoms with Gasteiger partial charge in [-0.2, -0.15) is 0 Å². The van der Waals surface area contributed by atoms with E-state index in [2.05, 4.69) is 5.32 Å². The van der Waals surface area contributed by atoms with Crippen molar-refractivity contribution >= 4 is 11.8 Å². The molecule has 1 heterocycles. The topological polar surface area (TPSA) is 58.6 Å². The third-order valence-electron chi connectivity index (χ3n) is 2.99. The van der Waals surface area contributed by atoms with Crippen LogP contribution in [-0.2, 0) is 14.3 Å². The van der Waals surface area contributed by atoms with Crippen LogP contribution < -0.4 is 5.32 Å². The zero-order valence-corrected chi connectivity index (χ0v) is 10.2. The predicted octanol–water partition coefficient (Wildman–Crippen LogP) is 0.150. The first-order valence-electron chi connectivity index (χ1n) is 5.63. The van der Waals surface area contributed by atoms with E-state index in [4.69, 9.17) is 4.74 Å². The van der Waals surface area contributed by atoms with Crippen LogP contribution in [0.4, 0.5) is 0 Å². The molecule has 0 aromatic heterocycles. The molecule has 0 radical (unpaired) electrons. The molecule has 0 bridgehead atoms. The Hall–Kier alpha value is -1.10. The number of hydrogen-bond donors (Lipinski definition) is 1. The van der Waals surface area contributed by atoms with Crippen molar-refractivity contribution in [1.82, 2.24) is 10.2 Å². The minimum absolute atomic E-state index is 0.00528. The third-order valence-corrected chi connectivity index (χ3v) is 2.99. The van der Waals surface area contributed by atoms with E-state index in [1.54, 1.807) is 18.9 Å². The summed E-state index contributed by atoms with van der Waals surface area (Å²) < 4.78 is 4.93. The lowest BCUT2D eigenvalue weighted by atomic mass is 9.94. The Morgan fingerprint density at radius 1 is 1.50 bits per heavy atom. The van der Waals surface area contributed by atoms with Gasteiger partial charge in [0.15, 0.2) is 0 Å². The number of piperazine rings is 1. The molecule has 16 heavy (non-hydrogen) atoms. The molecule has 5 nitrogen and oxygen atoms in total. The van der Waals surface area contributed by atoms with E-state index >= 15 is 0 Å². The maximum Gasteiger partial charge on any atom is 0.248 e. The number of rotatable bonds is 5. The van der Waals surface area contributed by atoms with E-state index in [1.165, 1.54) is 0 Å². The Bertz CT molecular complexity index is 280. The van der Waals surface area contributed by atoms with Gasteiger partial charge >= 0.3 is 0 Å². The van der Waals surface area contributed by atoms with Crippen LogP contribution >= 0.6 is 0 Å². The first kappa shape index (κ1) is 13.0. The highest BCUT2D eigenvalue weighted by Gasteiger charge is 2.40. The molecular formula is C11H20N2O3. The second-order valence-electron chi connectivity index (χ2n) is 4.31. The fourth-order valence-corrected chi connectivity index (χ4v) is 1.81. The number of nitrogens with zero attached hydrogens (tertiary/aromatic N) is 1. The van der Waals surface area contributed by atoms with Crippen LogP contribution in [0.3, 0.4) is 0 Å². The van der Waals surface area contributed by atoms with Crippen LogP contribution in [0.1, 0.15) is 26.7 Å². The number of carbonyl (C=O) groups is 2. The molecule has 1 fully saturated rings. The van der Waals surface area contributed by atoms with Crippen LogP contribution in [-0.4, -0.2) is 49.1 Å². The van der Waals surface area contributed by atoms with Crippen LogP contribution in [0.2, 0.25) is 0 Å². The Kier molecular flexibility index (Phi) is 4.29. The summed E-state index contributed by atoms with van der Waals surface area (Å²) in [5.41, 5.74) is -0.734. The van der Waals surface area contributed by atoms with Gasteiger partial charge in [-0.1, -0.05) is 6.92 Å². The van der Waals surface area contributed by atoms with Crippen molar-refractivity contribution in [1.29, 1.82) is 0 Å². The van der Waals surface area contributed by atoms with Crippen molar-refractivity contribution in [2.24, 2.45) is 0 Å². The van der Waals surface area contributed by atoms with Crippen LogP contribution in [0.25, 0.3) is 0 Å². The molecule has 2 amide bonds. The SMILES string of the molecule is CCC1(C)NC(=O)CN(CCCOC)C1=O. The molecule has 0 aromatic rings. The lowest BCUT2D eigenvalue weighted by Crippen LogP contribution is -2.65.